The van der Waals surface area contributed by atoms with Crippen molar-refractivity contribution in [3.63, 3.8) is 0 Å². The SMILES string of the molecule is CCC(=O)Nc1ncnn2c([C@@H]3O[C@](C#N)(COP(=O)(N[C@@H](C)C(=O)OC4CCOCC4)Oc4ccccc4)[C@@H](OC(=O)CC)[C@H]3OC(=O)CC)ccc12. The summed E-state index contributed by atoms with van der Waals surface area (Å²) in [5, 5.41) is 20.4. The lowest BCUT2D eigenvalue weighted by Crippen LogP contribution is -2.49. The number of carbonyl (C=O) groups is 4. The molecule has 1 unspecified atom stereocenters. The molecule has 54 heavy (non-hydrogen) atoms. The first-order valence-corrected chi connectivity index (χ1v) is 19.1. The molecule has 3 aromatic rings. The van der Waals surface area contributed by atoms with Crippen molar-refractivity contribution in [2.24, 2.45) is 0 Å². The third kappa shape index (κ3) is 9.41. The lowest BCUT2D eigenvalue weighted by molar-refractivity contribution is -0.169. The maximum atomic E-state index is 14.5. The number of para-hydroxylation sites is 1. The summed E-state index contributed by atoms with van der Waals surface area (Å²) in [6.45, 7) is 6.15. The van der Waals surface area contributed by atoms with Gasteiger partial charge in [0.2, 0.25) is 11.5 Å². The van der Waals surface area contributed by atoms with Crippen LogP contribution in [0.3, 0.4) is 0 Å². The molecule has 0 radical (unpaired) electrons. The van der Waals surface area contributed by atoms with E-state index in [0.717, 1.165) is 0 Å². The predicted octanol–water partition coefficient (Wildman–Crippen LogP) is 3.96. The number of benzene rings is 1. The second-order valence-corrected chi connectivity index (χ2v) is 14.1. The number of hydrogen-bond acceptors (Lipinski definition) is 15. The maximum absolute atomic E-state index is 14.5. The number of nitriles is 1. The number of esters is 3. The van der Waals surface area contributed by atoms with Crippen molar-refractivity contribution in [1.29, 1.82) is 5.26 Å². The summed E-state index contributed by atoms with van der Waals surface area (Å²) >= 11 is 0. The van der Waals surface area contributed by atoms with Crippen LogP contribution in [0.1, 0.15) is 71.6 Å². The molecule has 2 fully saturated rings. The first kappa shape index (κ1) is 40.3. The standard InChI is InChI=1S/C35H43N6O12P/c1-5-27(42)39-33-26-14-13-25(41(26)38-21-37-33)30-31(50-28(43)6-2)32(51-29(44)7-3)35(19-36,52-30)20-48-54(46,53-24-11-9-8-10-12-24)40-22(4)34(45)49-23-15-17-47-18-16-23/h8-14,21-23,30-32H,5-7,15-18,20H2,1-4H3,(H,40,46)(H,37,38,39,42)/t22-,30-,31-,32-,35+,54?/m0/s1. The summed E-state index contributed by atoms with van der Waals surface area (Å²) in [6.07, 6.45) is -2.65. The van der Waals surface area contributed by atoms with Gasteiger partial charge in [-0.25, -0.2) is 14.1 Å². The number of rotatable bonds is 16. The molecule has 2 N–H and O–H groups in total. The molecule has 4 heterocycles. The molecule has 2 aromatic heterocycles. The highest BCUT2D eigenvalue weighted by Gasteiger charge is 2.62. The average molecular weight is 771 g/mol. The van der Waals surface area contributed by atoms with Crippen molar-refractivity contribution in [2.45, 2.75) is 95.9 Å². The average Bonchev–Trinajstić information content (AvgIpc) is 3.74. The van der Waals surface area contributed by atoms with E-state index in [2.05, 4.69) is 20.5 Å². The van der Waals surface area contributed by atoms with Crippen LogP contribution in [0.25, 0.3) is 5.52 Å². The van der Waals surface area contributed by atoms with Crippen molar-refractivity contribution < 1.29 is 56.5 Å². The van der Waals surface area contributed by atoms with E-state index in [9.17, 15) is 29.0 Å². The second-order valence-electron chi connectivity index (χ2n) is 12.5. The van der Waals surface area contributed by atoms with Crippen LogP contribution in [-0.2, 0) is 52.0 Å². The van der Waals surface area contributed by atoms with Crippen molar-refractivity contribution in [2.75, 3.05) is 25.1 Å². The van der Waals surface area contributed by atoms with Gasteiger partial charge in [0.1, 0.15) is 48.5 Å². The quantitative estimate of drug-likeness (QED) is 0.119. The molecule has 1 aromatic carbocycles. The van der Waals surface area contributed by atoms with Crippen LogP contribution < -0.4 is 14.9 Å². The number of fused-ring (bicyclic) bond motifs is 1. The minimum atomic E-state index is -4.60. The van der Waals surface area contributed by atoms with Crippen molar-refractivity contribution in [3.8, 4) is 11.8 Å². The lowest BCUT2D eigenvalue weighted by Gasteiger charge is -2.30. The van der Waals surface area contributed by atoms with Crippen LogP contribution in [-0.4, -0.2) is 88.2 Å². The van der Waals surface area contributed by atoms with Crippen molar-refractivity contribution in [1.82, 2.24) is 19.7 Å². The van der Waals surface area contributed by atoms with E-state index < -0.39 is 68.3 Å². The van der Waals surface area contributed by atoms with Crippen LogP contribution in [0.4, 0.5) is 5.82 Å². The fourth-order valence-corrected chi connectivity index (χ4v) is 7.25. The Labute approximate surface area is 311 Å². The zero-order valence-electron chi connectivity index (χ0n) is 30.3. The lowest BCUT2D eigenvalue weighted by atomic mass is 9.95. The molecule has 2 aliphatic rings. The third-order valence-electron chi connectivity index (χ3n) is 8.61. The Morgan fingerprint density at radius 1 is 1.02 bits per heavy atom. The highest BCUT2D eigenvalue weighted by Crippen LogP contribution is 2.50. The minimum absolute atomic E-state index is 0.0795. The number of anilines is 1. The summed E-state index contributed by atoms with van der Waals surface area (Å²) in [5.74, 6) is -2.22. The summed E-state index contributed by atoms with van der Waals surface area (Å²) in [5.41, 5.74) is -1.71. The second kappa shape index (κ2) is 17.9. The van der Waals surface area contributed by atoms with Gasteiger partial charge in [0.25, 0.3) is 0 Å². The number of nitrogens with one attached hydrogen (secondary N) is 2. The number of carbonyl (C=O) groups excluding carboxylic acids is 4. The van der Waals surface area contributed by atoms with Crippen molar-refractivity contribution >= 4 is 42.9 Å². The Hall–Kier alpha value is -4.92. The highest BCUT2D eigenvalue weighted by atomic mass is 31.2. The van der Waals surface area contributed by atoms with E-state index in [1.807, 2.05) is 6.07 Å². The zero-order valence-corrected chi connectivity index (χ0v) is 31.2. The summed E-state index contributed by atoms with van der Waals surface area (Å²) < 4.78 is 56.5. The Balaban J connectivity index is 1.51. The van der Waals surface area contributed by atoms with E-state index in [4.69, 9.17) is 32.7 Å². The Morgan fingerprint density at radius 3 is 2.39 bits per heavy atom. The van der Waals surface area contributed by atoms with Gasteiger partial charge in [-0.15, -0.1) is 0 Å². The van der Waals surface area contributed by atoms with Gasteiger partial charge in [0.05, 0.1) is 18.9 Å². The Morgan fingerprint density at radius 2 is 1.72 bits per heavy atom. The first-order chi connectivity index (χ1) is 25.9. The maximum Gasteiger partial charge on any atom is 0.459 e. The van der Waals surface area contributed by atoms with Crippen LogP contribution in [0.2, 0.25) is 0 Å². The summed E-state index contributed by atoms with van der Waals surface area (Å²) in [6, 6.07) is 11.9. The molecule has 0 bridgehead atoms. The van der Waals surface area contributed by atoms with Gasteiger partial charge < -0.3 is 33.5 Å². The molecule has 0 saturated carbocycles. The van der Waals surface area contributed by atoms with Gasteiger partial charge in [-0.2, -0.15) is 15.4 Å². The van der Waals surface area contributed by atoms with Gasteiger partial charge in [-0.05, 0) is 31.2 Å². The molecule has 0 aliphatic carbocycles. The molecule has 2 saturated heterocycles. The minimum Gasteiger partial charge on any atom is -0.461 e. The Bertz CT molecular complexity index is 1900. The number of ether oxygens (including phenoxy) is 5. The number of amides is 1. The molecule has 5 rings (SSSR count). The first-order valence-electron chi connectivity index (χ1n) is 17.6. The fourth-order valence-electron chi connectivity index (χ4n) is 5.72. The molecule has 2 aliphatic heterocycles. The normalized spacial score (nSPS) is 23.1. The molecule has 0 spiro atoms. The predicted molar refractivity (Wildman–Crippen MR) is 188 cm³/mol. The molecular weight excluding hydrogens is 727 g/mol. The van der Waals surface area contributed by atoms with Crippen LogP contribution in [0.15, 0.2) is 48.8 Å². The molecule has 18 nitrogen and oxygen atoms in total. The van der Waals surface area contributed by atoms with Crippen LogP contribution in [0, 0.1) is 11.3 Å². The number of hydrogen-bond donors (Lipinski definition) is 2. The van der Waals surface area contributed by atoms with E-state index in [1.54, 1.807) is 44.2 Å². The summed E-state index contributed by atoms with van der Waals surface area (Å²) in [4.78, 5) is 55.3. The fraction of sp³-hybridized carbons (Fsp3) is 0.514. The monoisotopic (exact) mass is 770 g/mol. The molecule has 1 amide bonds. The van der Waals surface area contributed by atoms with E-state index >= 15 is 0 Å². The van der Waals surface area contributed by atoms with Gasteiger partial charge in [-0.3, -0.25) is 23.7 Å². The zero-order chi connectivity index (χ0) is 38.9. The van der Waals surface area contributed by atoms with E-state index in [0.29, 0.717) is 31.6 Å². The molecule has 6 atom stereocenters. The van der Waals surface area contributed by atoms with Gasteiger partial charge in [-0.1, -0.05) is 39.0 Å². The highest BCUT2D eigenvalue weighted by molar-refractivity contribution is 7.52. The summed E-state index contributed by atoms with van der Waals surface area (Å²) in [7, 11) is -4.60. The van der Waals surface area contributed by atoms with E-state index in [1.165, 1.54) is 36.8 Å². The smallest absolute Gasteiger partial charge is 0.459 e. The van der Waals surface area contributed by atoms with E-state index in [-0.39, 0.29) is 42.4 Å². The van der Waals surface area contributed by atoms with Crippen molar-refractivity contribution in [3.05, 3.63) is 54.5 Å². The topological polar surface area (TPSA) is 228 Å². The molecular formula is C35H43N6O12P. The third-order valence-corrected chi connectivity index (χ3v) is 10.2. The van der Waals surface area contributed by atoms with Crippen LogP contribution in [0.5, 0.6) is 5.75 Å². The van der Waals surface area contributed by atoms with Gasteiger partial charge in [0, 0.05) is 32.1 Å². The van der Waals surface area contributed by atoms with Gasteiger partial charge >= 0.3 is 25.7 Å². The molecule has 290 valence electrons. The van der Waals surface area contributed by atoms with Gasteiger partial charge in [0.15, 0.2) is 18.0 Å². The number of nitrogens with zero attached hydrogens (tertiary/aromatic N) is 4. The Kier molecular flexibility index (Phi) is 13.4. The van der Waals surface area contributed by atoms with Crippen LogP contribution >= 0.6 is 7.75 Å². The number of aromatic nitrogens is 3. The molecule has 19 heteroatoms. The largest absolute Gasteiger partial charge is 0.461 e.